The fourth-order valence-corrected chi connectivity index (χ4v) is 4.49. The van der Waals surface area contributed by atoms with E-state index in [-0.39, 0.29) is 54.7 Å². The molecule has 0 radical (unpaired) electrons. The second kappa shape index (κ2) is 7.74. The first kappa shape index (κ1) is 18.4. The lowest BCUT2D eigenvalue weighted by Gasteiger charge is -2.26. The van der Waals surface area contributed by atoms with Crippen LogP contribution in [0.25, 0.3) is 0 Å². The van der Waals surface area contributed by atoms with E-state index >= 15 is 0 Å². The van der Waals surface area contributed by atoms with Gasteiger partial charge in [0.25, 0.3) is 0 Å². The number of benzene rings is 1. The molecule has 0 saturated carbocycles. The molecule has 1 N–H and O–H groups in total. The molecular formula is C16H21FN2O4S. The second-order valence-corrected chi connectivity index (χ2v) is 8.12. The molecule has 1 aliphatic heterocycles. The molecule has 0 spiro atoms. The van der Waals surface area contributed by atoms with Crippen molar-refractivity contribution in [2.45, 2.75) is 32.4 Å². The largest absolute Gasteiger partial charge is 0.352 e. The van der Waals surface area contributed by atoms with Gasteiger partial charge in [-0.3, -0.25) is 9.59 Å². The molecule has 24 heavy (non-hydrogen) atoms. The van der Waals surface area contributed by atoms with Crippen molar-refractivity contribution in [1.29, 1.82) is 0 Å². The molecule has 1 aromatic rings. The lowest BCUT2D eigenvalue weighted by atomic mass is 10.2. The molecule has 1 aromatic carbocycles. The van der Waals surface area contributed by atoms with Crippen molar-refractivity contribution in [2.75, 3.05) is 18.1 Å². The lowest BCUT2D eigenvalue weighted by molar-refractivity contribution is -0.131. The number of hydrogen-bond donors (Lipinski definition) is 1. The Kier molecular flexibility index (Phi) is 5.93. The second-order valence-electron chi connectivity index (χ2n) is 5.89. The van der Waals surface area contributed by atoms with Crippen LogP contribution in [-0.2, 0) is 26.0 Å². The number of hydrogen-bond acceptors (Lipinski definition) is 4. The first-order valence-electron chi connectivity index (χ1n) is 7.76. The van der Waals surface area contributed by atoms with E-state index in [1.165, 1.54) is 17.9 Å². The third-order valence-corrected chi connectivity index (χ3v) is 5.82. The predicted octanol–water partition coefficient (Wildman–Crippen LogP) is 0.868. The number of carbonyl (C=O) groups excluding carboxylic acids is 2. The number of carbonyl (C=O) groups is 2. The molecule has 0 aromatic heterocycles. The minimum Gasteiger partial charge on any atom is -0.352 e. The van der Waals surface area contributed by atoms with Gasteiger partial charge >= 0.3 is 0 Å². The Balaban J connectivity index is 1.85. The smallest absolute Gasteiger partial charge is 0.222 e. The number of amides is 2. The van der Waals surface area contributed by atoms with Crippen LogP contribution in [0.5, 0.6) is 0 Å². The van der Waals surface area contributed by atoms with Crippen molar-refractivity contribution in [2.24, 2.45) is 0 Å². The van der Waals surface area contributed by atoms with Crippen LogP contribution in [0.4, 0.5) is 4.39 Å². The number of rotatable bonds is 6. The monoisotopic (exact) mass is 356 g/mol. The van der Waals surface area contributed by atoms with Crippen molar-refractivity contribution >= 4 is 21.7 Å². The molecular weight excluding hydrogens is 335 g/mol. The van der Waals surface area contributed by atoms with Crippen molar-refractivity contribution in [3.8, 4) is 0 Å². The summed E-state index contributed by atoms with van der Waals surface area (Å²) < 4.78 is 36.6. The SMILES string of the molecule is CC(=O)N(CCC(=O)NCc1ccccc1F)C1CCS(=O)(=O)C1. The van der Waals surface area contributed by atoms with E-state index in [0.29, 0.717) is 12.0 Å². The van der Waals surface area contributed by atoms with Crippen molar-refractivity contribution in [3.05, 3.63) is 35.6 Å². The number of halogens is 1. The van der Waals surface area contributed by atoms with Gasteiger partial charge in [-0.1, -0.05) is 18.2 Å². The summed E-state index contributed by atoms with van der Waals surface area (Å²) in [6, 6.07) is 5.79. The summed E-state index contributed by atoms with van der Waals surface area (Å²) in [5.41, 5.74) is 0.385. The van der Waals surface area contributed by atoms with Crippen molar-refractivity contribution < 1.29 is 22.4 Å². The average Bonchev–Trinajstić information content (AvgIpc) is 2.86. The van der Waals surface area contributed by atoms with Gasteiger partial charge in [-0.2, -0.15) is 0 Å². The van der Waals surface area contributed by atoms with Crippen LogP contribution in [0.2, 0.25) is 0 Å². The molecule has 1 unspecified atom stereocenters. The summed E-state index contributed by atoms with van der Waals surface area (Å²) in [5.74, 6) is -0.937. The summed E-state index contributed by atoms with van der Waals surface area (Å²) in [7, 11) is -3.10. The van der Waals surface area contributed by atoms with Gasteiger partial charge < -0.3 is 10.2 Å². The predicted molar refractivity (Wildman–Crippen MR) is 87.3 cm³/mol. The molecule has 132 valence electrons. The first-order valence-corrected chi connectivity index (χ1v) is 9.58. The zero-order valence-corrected chi connectivity index (χ0v) is 14.3. The van der Waals surface area contributed by atoms with E-state index in [9.17, 15) is 22.4 Å². The van der Waals surface area contributed by atoms with Gasteiger partial charge in [0.05, 0.1) is 11.5 Å². The van der Waals surface area contributed by atoms with Crippen LogP contribution in [0.1, 0.15) is 25.3 Å². The Hall–Kier alpha value is -1.96. The molecule has 2 amide bonds. The third-order valence-electron chi connectivity index (χ3n) is 4.07. The maximum Gasteiger partial charge on any atom is 0.222 e. The normalized spacial score (nSPS) is 19.0. The lowest BCUT2D eigenvalue weighted by Crippen LogP contribution is -2.42. The van der Waals surface area contributed by atoms with E-state index in [2.05, 4.69) is 5.32 Å². The van der Waals surface area contributed by atoms with Gasteiger partial charge in [0.1, 0.15) is 5.82 Å². The first-order chi connectivity index (χ1) is 11.3. The Morgan fingerprint density at radius 1 is 1.33 bits per heavy atom. The van der Waals surface area contributed by atoms with Crippen LogP contribution in [0, 0.1) is 5.82 Å². The number of sulfone groups is 1. The van der Waals surface area contributed by atoms with E-state index in [1.54, 1.807) is 18.2 Å². The molecule has 2 rings (SSSR count). The minimum atomic E-state index is -3.10. The summed E-state index contributed by atoms with van der Waals surface area (Å²) in [6.45, 7) is 1.59. The number of nitrogens with one attached hydrogen (secondary N) is 1. The molecule has 1 heterocycles. The van der Waals surface area contributed by atoms with Crippen molar-refractivity contribution in [3.63, 3.8) is 0 Å². The third kappa shape index (κ3) is 5.02. The molecule has 1 fully saturated rings. The average molecular weight is 356 g/mol. The minimum absolute atomic E-state index is 0.0462. The zero-order valence-electron chi connectivity index (χ0n) is 13.5. The highest BCUT2D eigenvalue weighted by molar-refractivity contribution is 7.91. The molecule has 8 heteroatoms. The summed E-state index contributed by atoms with van der Waals surface area (Å²) >= 11 is 0. The highest BCUT2D eigenvalue weighted by atomic mass is 32.2. The van der Waals surface area contributed by atoms with E-state index in [4.69, 9.17) is 0 Å². The molecule has 0 bridgehead atoms. The highest BCUT2D eigenvalue weighted by Gasteiger charge is 2.33. The van der Waals surface area contributed by atoms with Gasteiger partial charge in [-0.25, -0.2) is 12.8 Å². The summed E-state index contributed by atoms with van der Waals surface area (Å²) in [6.07, 6.45) is 0.448. The fraction of sp³-hybridized carbons (Fsp3) is 0.500. The number of nitrogens with zero attached hydrogens (tertiary/aromatic N) is 1. The van der Waals surface area contributed by atoms with Crippen LogP contribution < -0.4 is 5.32 Å². The van der Waals surface area contributed by atoms with Crippen LogP contribution >= 0.6 is 0 Å². The Morgan fingerprint density at radius 3 is 2.62 bits per heavy atom. The molecule has 1 aliphatic rings. The molecule has 6 nitrogen and oxygen atoms in total. The van der Waals surface area contributed by atoms with Crippen LogP contribution in [0.15, 0.2) is 24.3 Å². The van der Waals surface area contributed by atoms with E-state index in [1.807, 2.05) is 0 Å². The quantitative estimate of drug-likeness (QED) is 0.820. The standard InChI is InChI=1S/C16H21FN2O4S/c1-12(20)19(14-7-9-24(22,23)11-14)8-6-16(21)18-10-13-4-2-3-5-15(13)17/h2-5,14H,6-11H2,1H3,(H,18,21). The van der Waals surface area contributed by atoms with E-state index in [0.717, 1.165) is 0 Å². The van der Waals surface area contributed by atoms with E-state index < -0.39 is 9.84 Å². The maximum atomic E-state index is 13.5. The summed E-state index contributed by atoms with van der Waals surface area (Å²) in [4.78, 5) is 25.1. The Morgan fingerprint density at radius 2 is 2.04 bits per heavy atom. The van der Waals surface area contributed by atoms with Gasteiger partial charge in [0, 0.05) is 38.0 Å². The van der Waals surface area contributed by atoms with Gasteiger partial charge in [-0.15, -0.1) is 0 Å². The fourth-order valence-electron chi connectivity index (χ4n) is 2.76. The topological polar surface area (TPSA) is 83.6 Å². The molecule has 1 atom stereocenters. The Bertz CT molecular complexity index is 721. The highest BCUT2D eigenvalue weighted by Crippen LogP contribution is 2.18. The molecule has 0 aliphatic carbocycles. The van der Waals surface area contributed by atoms with Gasteiger partial charge in [-0.05, 0) is 12.5 Å². The molecule has 1 saturated heterocycles. The van der Waals surface area contributed by atoms with Gasteiger partial charge in [0.2, 0.25) is 11.8 Å². The maximum absolute atomic E-state index is 13.5. The van der Waals surface area contributed by atoms with Crippen molar-refractivity contribution in [1.82, 2.24) is 10.2 Å². The van der Waals surface area contributed by atoms with Crippen LogP contribution in [0.3, 0.4) is 0 Å². The Labute approximate surface area is 140 Å². The zero-order chi connectivity index (χ0) is 17.7. The van der Waals surface area contributed by atoms with Crippen LogP contribution in [-0.4, -0.2) is 49.2 Å². The summed E-state index contributed by atoms with van der Waals surface area (Å²) in [5, 5.41) is 2.61. The van der Waals surface area contributed by atoms with Gasteiger partial charge in [0.15, 0.2) is 9.84 Å².